The first kappa shape index (κ1) is 31.5. The molecule has 0 saturated heterocycles. The van der Waals surface area contributed by atoms with Crippen molar-refractivity contribution in [2.24, 2.45) is 0 Å². The van der Waals surface area contributed by atoms with Gasteiger partial charge in [-0.05, 0) is 0 Å². The maximum atomic E-state index is 11.9. The third-order valence-electron chi connectivity index (χ3n) is 2.84. The SMILES string of the molecule is CC.CNC(=O)C(CC(OC(C)=O)C(OC(C)=O)C(=O)NC)OC(C)=O.COC=O. The predicted molar refractivity (Wildman–Crippen MR) is 104 cm³/mol. The van der Waals surface area contributed by atoms with Gasteiger partial charge in [0, 0.05) is 41.3 Å². The molecule has 0 fully saturated rings. The Morgan fingerprint density at radius 2 is 1.20 bits per heavy atom. The van der Waals surface area contributed by atoms with Crippen LogP contribution in [0.4, 0.5) is 0 Å². The summed E-state index contributed by atoms with van der Waals surface area (Å²) in [5.41, 5.74) is 0. The Bertz CT molecular complexity index is 565. The number of carbonyl (C=O) groups is 6. The fourth-order valence-electron chi connectivity index (χ4n) is 1.85. The van der Waals surface area contributed by atoms with Crippen molar-refractivity contribution in [2.45, 2.75) is 59.4 Å². The molecule has 0 aromatic rings. The first-order chi connectivity index (χ1) is 14.0. The molecule has 0 bridgehead atoms. The molecule has 0 rings (SSSR count). The lowest BCUT2D eigenvalue weighted by Crippen LogP contribution is -2.49. The van der Waals surface area contributed by atoms with E-state index in [1.165, 1.54) is 21.2 Å². The number of carbonyl (C=O) groups excluding carboxylic acids is 6. The van der Waals surface area contributed by atoms with Gasteiger partial charge in [0.15, 0.2) is 12.2 Å². The molecule has 0 aromatic carbocycles. The lowest BCUT2D eigenvalue weighted by Gasteiger charge is -2.27. The number of rotatable bonds is 9. The van der Waals surface area contributed by atoms with E-state index in [9.17, 15) is 24.0 Å². The summed E-state index contributed by atoms with van der Waals surface area (Å²) in [6.07, 6.45) is -4.53. The molecular weight excluding hydrogens is 404 g/mol. The molecule has 0 aromatic heterocycles. The Morgan fingerprint density at radius 3 is 1.50 bits per heavy atom. The third kappa shape index (κ3) is 15.8. The highest BCUT2D eigenvalue weighted by atomic mass is 16.6. The van der Waals surface area contributed by atoms with Gasteiger partial charge in [-0.3, -0.25) is 28.8 Å². The second kappa shape index (κ2) is 19.2. The normalized spacial score (nSPS) is 11.9. The van der Waals surface area contributed by atoms with Crippen LogP contribution in [-0.4, -0.2) is 75.7 Å². The Balaban J connectivity index is -0.00000108. The summed E-state index contributed by atoms with van der Waals surface area (Å²) >= 11 is 0. The lowest BCUT2D eigenvalue weighted by atomic mass is 10.0. The van der Waals surface area contributed by atoms with Crippen molar-refractivity contribution in [3.8, 4) is 0 Å². The number of methoxy groups -OCH3 is 1. The minimum absolute atomic E-state index is 0.371. The summed E-state index contributed by atoms with van der Waals surface area (Å²) in [6, 6.07) is 0. The van der Waals surface area contributed by atoms with Crippen LogP contribution in [0.15, 0.2) is 0 Å². The topological polar surface area (TPSA) is 163 Å². The number of hydrogen-bond donors (Lipinski definition) is 2. The monoisotopic (exact) mass is 436 g/mol. The van der Waals surface area contributed by atoms with Gasteiger partial charge in [-0.2, -0.15) is 0 Å². The van der Waals surface area contributed by atoms with Crippen molar-refractivity contribution in [1.82, 2.24) is 10.6 Å². The zero-order chi connectivity index (χ0) is 24.3. The minimum atomic E-state index is -1.50. The summed E-state index contributed by atoms with van der Waals surface area (Å²) in [7, 11) is 3.93. The van der Waals surface area contributed by atoms with Gasteiger partial charge in [0.05, 0.1) is 7.11 Å². The largest absolute Gasteiger partial charge is 0.471 e. The number of esters is 3. The summed E-state index contributed by atoms with van der Waals surface area (Å²) in [6.45, 7) is 7.63. The zero-order valence-corrected chi connectivity index (χ0v) is 18.6. The van der Waals surface area contributed by atoms with Crippen molar-refractivity contribution >= 4 is 36.2 Å². The molecule has 12 heteroatoms. The number of amides is 2. The standard InChI is InChI=1S/C14H22N2O8.C2H4O2.C2H6/c1-7(17)22-10(12(14(21)16-5)24-9(3)19)6-11(13(20)15-4)23-8(2)18;1-4-2-3;1-2/h10-12H,6H2,1-5H3,(H,15,20)(H,16,21);2H,1H3;1-2H3. The van der Waals surface area contributed by atoms with E-state index in [2.05, 4.69) is 15.4 Å². The smallest absolute Gasteiger partial charge is 0.303 e. The van der Waals surface area contributed by atoms with Crippen LogP contribution in [0, 0.1) is 0 Å². The van der Waals surface area contributed by atoms with E-state index in [-0.39, 0.29) is 6.42 Å². The molecule has 0 heterocycles. The molecule has 3 unspecified atom stereocenters. The van der Waals surface area contributed by atoms with Gasteiger partial charge in [0.2, 0.25) is 6.10 Å². The summed E-state index contributed by atoms with van der Waals surface area (Å²) in [5, 5.41) is 4.55. The van der Waals surface area contributed by atoms with Gasteiger partial charge in [0.25, 0.3) is 18.3 Å². The fourth-order valence-corrected chi connectivity index (χ4v) is 1.85. The van der Waals surface area contributed by atoms with Crippen LogP contribution in [0.25, 0.3) is 0 Å². The van der Waals surface area contributed by atoms with E-state index in [0.717, 1.165) is 20.8 Å². The molecule has 174 valence electrons. The fraction of sp³-hybridized carbons (Fsp3) is 0.667. The molecule has 0 aliphatic heterocycles. The minimum Gasteiger partial charge on any atom is -0.471 e. The van der Waals surface area contributed by atoms with E-state index < -0.39 is 48.0 Å². The number of ether oxygens (including phenoxy) is 4. The second-order valence-electron chi connectivity index (χ2n) is 5.07. The summed E-state index contributed by atoms with van der Waals surface area (Å²) in [5.74, 6) is -3.70. The van der Waals surface area contributed by atoms with Crippen molar-refractivity contribution in [2.75, 3.05) is 21.2 Å². The van der Waals surface area contributed by atoms with Gasteiger partial charge in [0.1, 0.15) is 0 Å². The highest BCUT2D eigenvalue weighted by Crippen LogP contribution is 2.15. The van der Waals surface area contributed by atoms with Gasteiger partial charge in [-0.15, -0.1) is 0 Å². The van der Waals surface area contributed by atoms with Crippen LogP contribution in [0.1, 0.15) is 41.0 Å². The molecular formula is C18H32N2O10. The highest BCUT2D eigenvalue weighted by molar-refractivity contribution is 5.85. The quantitative estimate of drug-likeness (QED) is 0.273. The van der Waals surface area contributed by atoms with Gasteiger partial charge in [-0.1, -0.05) is 13.8 Å². The molecule has 12 nitrogen and oxygen atoms in total. The number of nitrogens with one attached hydrogen (secondary N) is 2. The zero-order valence-electron chi connectivity index (χ0n) is 18.6. The molecule has 0 aliphatic carbocycles. The average molecular weight is 436 g/mol. The van der Waals surface area contributed by atoms with Crippen LogP contribution in [-0.2, 0) is 47.7 Å². The first-order valence-electron chi connectivity index (χ1n) is 8.95. The van der Waals surface area contributed by atoms with Gasteiger partial charge >= 0.3 is 17.9 Å². The van der Waals surface area contributed by atoms with E-state index in [0.29, 0.717) is 6.47 Å². The highest BCUT2D eigenvalue weighted by Gasteiger charge is 2.37. The van der Waals surface area contributed by atoms with Crippen LogP contribution in [0.3, 0.4) is 0 Å². The van der Waals surface area contributed by atoms with E-state index in [4.69, 9.17) is 19.0 Å². The van der Waals surface area contributed by atoms with Crippen LogP contribution < -0.4 is 10.6 Å². The van der Waals surface area contributed by atoms with Gasteiger partial charge < -0.3 is 29.6 Å². The van der Waals surface area contributed by atoms with Crippen molar-refractivity contribution in [3.63, 3.8) is 0 Å². The second-order valence-corrected chi connectivity index (χ2v) is 5.07. The average Bonchev–Trinajstić information content (AvgIpc) is 2.70. The van der Waals surface area contributed by atoms with Crippen LogP contribution >= 0.6 is 0 Å². The van der Waals surface area contributed by atoms with Crippen molar-refractivity contribution < 1.29 is 47.7 Å². The maximum absolute atomic E-state index is 11.9. The molecule has 0 radical (unpaired) electrons. The Hall–Kier alpha value is -3.18. The molecule has 0 aliphatic rings. The Kier molecular flexibility index (Phi) is 20.1. The molecule has 2 amide bonds. The first-order valence-corrected chi connectivity index (χ1v) is 8.95. The van der Waals surface area contributed by atoms with E-state index in [1.54, 1.807) is 0 Å². The van der Waals surface area contributed by atoms with E-state index >= 15 is 0 Å². The van der Waals surface area contributed by atoms with Crippen molar-refractivity contribution in [1.29, 1.82) is 0 Å². The summed E-state index contributed by atoms with van der Waals surface area (Å²) < 4.78 is 18.6. The van der Waals surface area contributed by atoms with Crippen LogP contribution in [0.5, 0.6) is 0 Å². The Labute approximate surface area is 175 Å². The molecule has 3 atom stereocenters. The number of likely N-dealkylation sites (N-methyl/N-ethyl adjacent to an activating group) is 2. The lowest BCUT2D eigenvalue weighted by molar-refractivity contribution is -0.175. The maximum Gasteiger partial charge on any atom is 0.303 e. The molecule has 0 spiro atoms. The van der Waals surface area contributed by atoms with Gasteiger partial charge in [-0.25, -0.2) is 0 Å². The third-order valence-corrected chi connectivity index (χ3v) is 2.84. The molecule has 30 heavy (non-hydrogen) atoms. The van der Waals surface area contributed by atoms with Crippen molar-refractivity contribution in [3.05, 3.63) is 0 Å². The number of hydrogen-bond acceptors (Lipinski definition) is 10. The molecule has 0 saturated carbocycles. The summed E-state index contributed by atoms with van der Waals surface area (Å²) in [4.78, 5) is 66.3. The predicted octanol–water partition coefficient (Wildman–Crippen LogP) is -0.521. The van der Waals surface area contributed by atoms with Crippen LogP contribution in [0.2, 0.25) is 0 Å². The van der Waals surface area contributed by atoms with E-state index in [1.807, 2.05) is 13.8 Å². The molecule has 2 N–H and O–H groups in total. The Morgan fingerprint density at radius 1 is 0.800 bits per heavy atom.